The maximum Gasteiger partial charge on any atom is 0.244 e. The first-order valence-corrected chi connectivity index (χ1v) is 8.33. The van der Waals surface area contributed by atoms with Crippen LogP contribution in [0.25, 0.3) is 11.3 Å². The fourth-order valence-corrected chi connectivity index (χ4v) is 2.82. The molecule has 1 aromatic carbocycles. The number of aromatic amines is 1. The summed E-state index contributed by atoms with van der Waals surface area (Å²) >= 11 is 0. The number of imidazole rings is 1. The number of hydrogen-bond acceptors (Lipinski definition) is 4. The largest absolute Gasteiger partial charge is 0.347 e. The second-order valence-corrected chi connectivity index (χ2v) is 6.20. The van der Waals surface area contributed by atoms with E-state index in [1.165, 1.54) is 0 Å². The minimum atomic E-state index is -0.398. The van der Waals surface area contributed by atoms with E-state index in [1.807, 2.05) is 39.0 Å². The summed E-state index contributed by atoms with van der Waals surface area (Å²) in [5, 5.41) is 16.2. The van der Waals surface area contributed by atoms with Gasteiger partial charge < -0.3 is 10.3 Å². The van der Waals surface area contributed by atoms with E-state index < -0.39 is 6.04 Å². The van der Waals surface area contributed by atoms with Gasteiger partial charge in [0.05, 0.1) is 35.8 Å². The van der Waals surface area contributed by atoms with Gasteiger partial charge in [-0.1, -0.05) is 12.1 Å². The van der Waals surface area contributed by atoms with E-state index in [-0.39, 0.29) is 5.91 Å². The molecule has 0 bridgehead atoms. The summed E-state index contributed by atoms with van der Waals surface area (Å²) in [6, 6.07) is 10.9. The van der Waals surface area contributed by atoms with Crippen molar-refractivity contribution >= 4 is 5.91 Å². The van der Waals surface area contributed by atoms with Crippen molar-refractivity contribution < 1.29 is 4.79 Å². The second-order valence-electron chi connectivity index (χ2n) is 6.20. The molecular weight excluding hydrogens is 328 g/mol. The number of H-pyrrole nitrogens is 1. The van der Waals surface area contributed by atoms with E-state index >= 15 is 0 Å². The fourth-order valence-electron chi connectivity index (χ4n) is 2.82. The van der Waals surface area contributed by atoms with Crippen LogP contribution in [0.2, 0.25) is 0 Å². The summed E-state index contributed by atoms with van der Waals surface area (Å²) < 4.78 is 1.71. The van der Waals surface area contributed by atoms with Crippen LogP contribution in [0.3, 0.4) is 0 Å². The summed E-state index contributed by atoms with van der Waals surface area (Å²) in [7, 11) is 0. The highest BCUT2D eigenvalue weighted by Gasteiger charge is 2.18. The zero-order valence-corrected chi connectivity index (χ0v) is 14.9. The van der Waals surface area contributed by atoms with E-state index in [9.17, 15) is 4.79 Å². The van der Waals surface area contributed by atoms with Crippen LogP contribution in [0.15, 0.2) is 36.5 Å². The van der Waals surface area contributed by atoms with Crippen LogP contribution in [0.4, 0.5) is 0 Å². The molecule has 3 aromatic rings. The molecule has 1 amide bonds. The standard InChI is InChI=1S/C19H20N6O/c1-12-7-13(2)25(24-12)14(3)19(26)22-11-18-21-10-17(23-18)16-6-4-5-15(8-16)9-20/h4-8,10,14H,11H2,1-3H3,(H,21,23)(H,22,26). The predicted octanol–water partition coefficient (Wildman–Crippen LogP) is 2.64. The van der Waals surface area contributed by atoms with Crippen LogP contribution in [0.1, 0.15) is 35.7 Å². The minimum Gasteiger partial charge on any atom is -0.347 e. The third kappa shape index (κ3) is 3.64. The molecule has 2 heterocycles. The van der Waals surface area contributed by atoms with Crippen molar-refractivity contribution in [3.63, 3.8) is 0 Å². The monoisotopic (exact) mass is 348 g/mol. The average Bonchev–Trinajstić information content (AvgIpc) is 3.25. The zero-order valence-electron chi connectivity index (χ0n) is 14.9. The van der Waals surface area contributed by atoms with Crippen LogP contribution in [0.5, 0.6) is 0 Å². The number of rotatable bonds is 5. The van der Waals surface area contributed by atoms with Gasteiger partial charge in [0.2, 0.25) is 5.91 Å². The van der Waals surface area contributed by atoms with E-state index in [0.717, 1.165) is 22.6 Å². The van der Waals surface area contributed by atoms with Crippen LogP contribution in [-0.4, -0.2) is 25.7 Å². The maximum atomic E-state index is 12.4. The van der Waals surface area contributed by atoms with Crippen LogP contribution < -0.4 is 5.32 Å². The van der Waals surface area contributed by atoms with E-state index in [2.05, 4.69) is 26.5 Å². The van der Waals surface area contributed by atoms with Crippen molar-refractivity contribution in [2.45, 2.75) is 33.4 Å². The van der Waals surface area contributed by atoms with Gasteiger partial charge in [-0.15, -0.1) is 0 Å². The zero-order chi connectivity index (χ0) is 18.7. The molecule has 0 spiro atoms. The van der Waals surface area contributed by atoms with Crippen molar-refractivity contribution in [3.8, 4) is 17.3 Å². The minimum absolute atomic E-state index is 0.124. The van der Waals surface area contributed by atoms with Gasteiger partial charge in [-0.25, -0.2) is 4.98 Å². The van der Waals surface area contributed by atoms with Gasteiger partial charge >= 0.3 is 0 Å². The Morgan fingerprint density at radius 1 is 1.38 bits per heavy atom. The molecule has 2 aromatic heterocycles. The molecule has 0 aliphatic carbocycles. The Bertz CT molecular complexity index is 978. The number of benzene rings is 1. The third-order valence-corrected chi connectivity index (χ3v) is 4.15. The molecule has 3 rings (SSSR count). The summed E-state index contributed by atoms with van der Waals surface area (Å²) in [6.45, 7) is 5.94. The van der Waals surface area contributed by atoms with Gasteiger partial charge in [0.25, 0.3) is 0 Å². The summed E-state index contributed by atoms with van der Waals surface area (Å²) in [6.07, 6.45) is 1.70. The van der Waals surface area contributed by atoms with Gasteiger partial charge in [0.15, 0.2) is 0 Å². The highest BCUT2D eigenvalue weighted by atomic mass is 16.2. The van der Waals surface area contributed by atoms with Crippen molar-refractivity contribution in [2.75, 3.05) is 0 Å². The molecule has 26 heavy (non-hydrogen) atoms. The number of aromatic nitrogens is 4. The number of amides is 1. The number of carbonyl (C=O) groups is 1. The van der Waals surface area contributed by atoms with Gasteiger partial charge in [-0.3, -0.25) is 9.48 Å². The van der Waals surface area contributed by atoms with Gasteiger partial charge in [0.1, 0.15) is 11.9 Å². The molecular formula is C19H20N6O. The normalized spacial score (nSPS) is 11.8. The third-order valence-electron chi connectivity index (χ3n) is 4.15. The number of nitriles is 1. The molecule has 0 saturated carbocycles. The Morgan fingerprint density at radius 2 is 2.19 bits per heavy atom. The summed E-state index contributed by atoms with van der Waals surface area (Å²) in [4.78, 5) is 19.9. The Kier molecular flexibility index (Phi) is 4.85. The molecule has 0 aliphatic heterocycles. The van der Waals surface area contributed by atoms with Crippen LogP contribution in [-0.2, 0) is 11.3 Å². The highest BCUT2D eigenvalue weighted by Crippen LogP contribution is 2.18. The van der Waals surface area contributed by atoms with Gasteiger partial charge in [-0.2, -0.15) is 10.4 Å². The lowest BCUT2D eigenvalue weighted by Crippen LogP contribution is -2.31. The van der Waals surface area contributed by atoms with Crippen molar-refractivity contribution in [1.29, 1.82) is 5.26 Å². The van der Waals surface area contributed by atoms with Crippen LogP contribution in [0, 0.1) is 25.2 Å². The molecule has 0 aliphatic rings. The van der Waals surface area contributed by atoms with E-state index in [1.54, 1.807) is 23.0 Å². The number of nitrogens with one attached hydrogen (secondary N) is 2. The molecule has 0 radical (unpaired) electrons. The number of nitrogens with zero attached hydrogens (tertiary/aromatic N) is 4. The van der Waals surface area contributed by atoms with Crippen molar-refractivity contribution in [2.24, 2.45) is 0 Å². The Morgan fingerprint density at radius 3 is 2.88 bits per heavy atom. The number of carbonyl (C=O) groups excluding carboxylic acids is 1. The fraction of sp³-hybridized carbons (Fsp3) is 0.263. The lowest BCUT2D eigenvalue weighted by Gasteiger charge is -2.13. The Hall–Kier alpha value is -3.40. The van der Waals surface area contributed by atoms with Gasteiger partial charge in [0, 0.05) is 11.3 Å². The quantitative estimate of drug-likeness (QED) is 0.740. The first-order valence-electron chi connectivity index (χ1n) is 8.33. The predicted molar refractivity (Wildman–Crippen MR) is 97.0 cm³/mol. The topological polar surface area (TPSA) is 99.4 Å². The molecule has 7 heteroatoms. The molecule has 132 valence electrons. The van der Waals surface area contributed by atoms with Crippen molar-refractivity contribution in [1.82, 2.24) is 25.1 Å². The average molecular weight is 348 g/mol. The SMILES string of the molecule is Cc1cc(C)n(C(C)C(=O)NCc2ncc(-c3cccc(C#N)c3)[nH]2)n1. The summed E-state index contributed by atoms with van der Waals surface area (Å²) in [5.74, 6) is 0.525. The van der Waals surface area contributed by atoms with Crippen molar-refractivity contribution in [3.05, 3.63) is 59.3 Å². The molecule has 0 saturated heterocycles. The Labute approximate surface area is 151 Å². The molecule has 1 atom stereocenters. The van der Waals surface area contributed by atoms with Crippen LogP contribution >= 0.6 is 0 Å². The first kappa shape index (κ1) is 17.4. The molecule has 0 fully saturated rings. The number of hydrogen-bond donors (Lipinski definition) is 2. The van der Waals surface area contributed by atoms with E-state index in [0.29, 0.717) is 17.9 Å². The second kappa shape index (κ2) is 7.23. The Balaban J connectivity index is 1.65. The first-order chi connectivity index (χ1) is 12.5. The molecule has 7 nitrogen and oxygen atoms in total. The highest BCUT2D eigenvalue weighted by molar-refractivity contribution is 5.79. The van der Waals surface area contributed by atoms with E-state index in [4.69, 9.17) is 5.26 Å². The summed E-state index contributed by atoms with van der Waals surface area (Å²) in [5.41, 5.74) is 4.11. The maximum absolute atomic E-state index is 12.4. The molecule has 2 N–H and O–H groups in total. The lowest BCUT2D eigenvalue weighted by atomic mass is 10.1. The lowest BCUT2D eigenvalue weighted by molar-refractivity contribution is -0.124. The molecule has 1 unspecified atom stereocenters. The van der Waals surface area contributed by atoms with Gasteiger partial charge in [-0.05, 0) is 39.0 Å². The number of aryl methyl sites for hydroxylation is 2. The smallest absolute Gasteiger partial charge is 0.244 e.